The van der Waals surface area contributed by atoms with Crippen LogP contribution in [-0.4, -0.2) is 34.9 Å². The molecule has 0 saturated carbocycles. The number of nitrogens with zero attached hydrogens (tertiary/aromatic N) is 4. The van der Waals surface area contributed by atoms with Crippen LogP contribution in [0.4, 0.5) is 11.4 Å². The third-order valence-corrected chi connectivity index (χ3v) is 10.6. The second-order valence-corrected chi connectivity index (χ2v) is 14.8. The molecule has 0 aliphatic heterocycles. The number of aromatic nitrogens is 2. The van der Waals surface area contributed by atoms with E-state index in [2.05, 4.69) is 122 Å². The predicted octanol–water partition coefficient (Wildman–Crippen LogP) is 14.0. The number of rotatable bonds is 26. The molecule has 276 valence electrons. The van der Waals surface area contributed by atoms with Crippen molar-refractivity contribution in [1.82, 2.24) is 8.75 Å². The molecule has 4 aromatic rings. The van der Waals surface area contributed by atoms with Gasteiger partial charge in [0.2, 0.25) is 0 Å². The molecule has 0 spiro atoms. The van der Waals surface area contributed by atoms with Gasteiger partial charge in [-0.2, -0.15) is 8.75 Å². The largest absolute Gasteiger partial charge is 0.372 e. The van der Waals surface area contributed by atoms with Crippen molar-refractivity contribution in [3.05, 3.63) is 82.9 Å². The predicted molar refractivity (Wildman–Crippen MR) is 229 cm³/mol. The lowest BCUT2D eigenvalue weighted by atomic mass is 10.0. The van der Waals surface area contributed by atoms with E-state index in [0.717, 1.165) is 48.3 Å². The Kier molecular flexibility index (Phi) is 18.9. The van der Waals surface area contributed by atoms with Crippen LogP contribution >= 0.6 is 11.7 Å². The van der Waals surface area contributed by atoms with E-state index < -0.39 is 0 Å². The molecule has 1 aromatic heterocycles. The van der Waals surface area contributed by atoms with Gasteiger partial charge in [0.05, 0.1) is 11.7 Å². The van der Waals surface area contributed by atoms with Crippen LogP contribution in [0.3, 0.4) is 0 Å². The number of benzene rings is 3. The van der Waals surface area contributed by atoms with Crippen LogP contribution in [0.15, 0.2) is 60.7 Å². The molecule has 0 amide bonds. The number of unbranched alkanes of at least 4 members (excludes halogenated alkanes) is 12. The molecule has 0 radical (unpaired) electrons. The first kappa shape index (κ1) is 40.3. The first-order valence-corrected chi connectivity index (χ1v) is 21.2. The molecular weight excluding hydrogens is 641 g/mol. The van der Waals surface area contributed by atoms with Gasteiger partial charge in [-0.3, -0.25) is 0 Å². The molecule has 0 fully saturated rings. The van der Waals surface area contributed by atoms with E-state index in [-0.39, 0.29) is 0 Å². The summed E-state index contributed by atoms with van der Waals surface area (Å²) < 4.78 is 9.41. The van der Waals surface area contributed by atoms with Gasteiger partial charge in [0.1, 0.15) is 11.0 Å². The molecule has 4 rings (SSSR count). The molecule has 1 heterocycles. The standard InChI is InChI=1S/C46H66N4S/c1-5-9-13-17-35-49(36-18-14-10-6-2)43-31-23-39(24-32-43)21-27-41-29-30-42(46-45(41)47-51-48-46)28-22-40-25-33-44(34-26-40)50(37-19-15-11-7-3)38-20-16-12-8-4/h21-34H,5-20,35-38H2,1-4H3. The third kappa shape index (κ3) is 13.9. The molecule has 5 heteroatoms. The van der Waals surface area contributed by atoms with E-state index in [1.165, 1.54) is 137 Å². The first-order valence-electron chi connectivity index (χ1n) is 20.5. The lowest BCUT2D eigenvalue weighted by Gasteiger charge is -2.25. The zero-order chi connectivity index (χ0) is 35.9. The molecule has 0 unspecified atom stereocenters. The number of hydrogen-bond donors (Lipinski definition) is 0. The van der Waals surface area contributed by atoms with Crippen LogP contribution in [0.5, 0.6) is 0 Å². The summed E-state index contributed by atoms with van der Waals surface area (Å²) in [5.74, 6) is 0. The Labute approximate surface area is 315 Å². The zero-order valence-electron chi connectivity index (χ0n) is 32.4. The molecule has 51 heavy (non-hydrogen) atoms. The van der Waals surface area contributed by atoms with Crippen LogP contribution < -0.4 is 9.80 Å². The molecule has 0 atom stereocenters. The Morgan fingerprint density at radius 3 is 1.06 bits per heavy atom. The van der Waals surface area contributed by atoms with E-state index in [1.807, 2.05) is 0 Å². The van der Waals surface area contributed by atoms with Crippen LogP contribution in [0.1, 0.15) is 153 Å². The van der Waals surface area contributed by atoms with E-state index >= 15 is 0 Å². The Bertz CT molecular complexity index is 1410. The fourth-order valence-electron chi connectivity index (χ4n) is 6.80. The van der Waals surface area contributed by atoms with Crippen LogP contribution in [0.25, 0.3) is 35.3 Å². The van der Waals surface area contributed by atoms with Gasteiger partial charge in [-0.25, -0.2) is 0 Å². The second kappa shape index (κ2) is 23.9. The lowest BCUT2D eigenvalue weighted by Crippen LogP contribution is -2.25. The fraction of sp³-hybridized carbons (Fsp3) is 0.522. The fourth-order valence-corrected chi connectivity index (χ4v) is 7.38. The molecule has 4 nitrogen and oxygen atoms in total. The summed E-state index contributed by atoms with van der Waals surface area (Å²) >= 11 is 1.29. The van der Waals surface area contributed by atoms with Crippen molar-refractivity contribution in [2.45, 2.75) is 130 Å². The maximum atomic E-state index is 4.70. The van der Waals surface area contributed by atoms with Gasteiger partial charge in [0.15, 0.2) is 0 Å². The van der Waals surface area contributed by atoms with Gasteiger partial charge < -0.3 is 9.80 Å². The third-order valence-electron chi connectivity index (χ3n) is 10.0. The molecule has 0 bridgehead atoms. The van der Waals surface area contributed by atoms with Gasteiger partial charge in [-0.1, -0.05) is 165 Å². The molecule has 3 aromatic carbocycles. The van der Waals surface area contributed by atoms with E-state index in [4.69, 9.17) is 8.75 Å². The summed E-state index contributed by atoms with van der Waals surface area (Å²) in [7, 11) is 0. The van der Waals surface area contributed by atoms with Crippen LogP contribution in [0, 0.1) is 0 Å². The monoisotopic (exact) mass is 707 g/mol. The summed E-state index contributed by atoms with van der Waals surface area (Å²) in [4.78, 5) is 5.20. The van der Waals surface area contributed by atoms with E-state index in [0.29, 0.717) is 0 Å². The minimum Gasteiger partial charge on any atom is -0.372 e. The molecule has 0 N–H and O–H groups in total. The van der Waals surface area contributed by atoms with Crippen molar-refractivity contribution in [3.8, 4) is 0 Å². The molecule has 0 saturated heterocycles. The highest BCUT2D eigenvalue weighted by molar-refractivity contribution is 7.00. The lowest BCUT2D eigenvalue weighted by molar-refractivity contribution is 0.609. The highest BCUT2D eigenvalue weighted by Gasteiger charge is 2.10. The van der Waals surface area contributed by atoms with Crippen molar-refractivity contribution >= 4 is 58.4 Å². The smallest absolute Gasteiger partial charge is 0.112 e. The normalized spacial score (nSPS) is 11.8. The van der Waals surface area contributed by atoms with Crippen molar-refractivity contribution < 1.29 is 0 Å². The molecule has 0 aliphatic carbocycles. The molecular formula is C46H66N4S. The Morgan fingerprint density at radius 2 is 0.745 bits per heavy atom. The number of anilines is 2. The van der Waals surface area contributed by atoms with Gasteiger partial charge >= 0.3 is 0 Å². The Morgan fingerprint density at radius 1 is 0.412 bits per heavy atom. The minimum absolute atomic E-state index is 0.970. The average molecular weight is 707 g/mol. The summed E-state index contributed by atoms with van der Waals surface area (Å²) in [6.45, 7) is 13.8. The second-order valence-electron chi connectivity index (χ2n) is 14.3. The number of fused-ring (bicyclic) bond motifs is 1. The van der Waals surface area contributed by atoms with Crippen LogP contribution in [-0.2, 0) is 0 Å². The van der Waals surface area contributed by atoms with E-state index in [1.54, 1.807) is 0 Å². The van der Waals surface area contributed by atoms with Gasteiger partial charge in [-0.15, -0.1) is 0 Å². The maximum absolute atomic E-state index is 4.70. The Hall–Kier alpha value is -3.44. The summed E-state index contributed by atoms with van der Waals surface area (Å²) in [6.07, 6.45) is 29.6. The summed E-state index contributed by atoms with van der Waals surface area (Å²) in [5, 5.41) is 0. The highest BCUT2D eigenvalue weighted by Crippen LogP contribution is 2.26. The summed E-state index contributed by atoms with van der Waals surface area (Å²) in [5.41, 5.74) is 9.26. The number of hydrogen-bond acceptors (Lipinski definition) is 5. The van der Waals surface area contributed by atoms with Crippen molar-refractivity contribution in [3.63, 3.8) is 0 Å². The van der Waals surface area contributed by atoms with Crippen molar-refractivity contribution in [2.24, 2.45) is 0 Å². The van der Waals surface area contributed by atoms with Gasteiger partial charge in [0, 0.05) is 48.7 Å². The topological polar surface area (TPSA) is 32.3 Å². The summed E-state index contributed by atoms with van der Waals surface area (Å²) in [6, 6.07) is 22.6. The Balaban J connectivity index is 1.40. The van der Waals surface area contributed by atoms with Crippen molar-refractivity contribution in [2.75, 3.05) is 36.0 Å². The quantitative estimate of drug-likeness (QED) is 0.0481. The molecule has 0 aliphatic rings. The minimum atomic E-state index is 0.970. The first-order chi connectivity index (χ1) is 25.2. The van der Waals surface area contributed by atoms with Gasteiger partial charge in [-0.05, 0) is 61.1 Å². The van der Waals surface area contributed by atoms with Crippen LogP contribution in [0.2, 0.25) is 0 Å². The van der Waals surface area contributed by atoms with E-state index in [9.17, 15) is 0 Å². The average Bonchev–Trinajstić information content (AvgIpc) is 3.67. The van der Waals surface area contributed by atoms with Gasteiger partial charge in [0.25, 0.3) is 0 Å². The highest BCUT2D eigenvalue weighted by atomic mass is 32.1. The maximum Gasteiger partial charge on any atom is 0.112 e. The zero-order valence-corrected chi connectivity index (χ0v) is 33.2. The SMILES string of the molecule is CCCCCCN(CCCCCC)c1ccc(C=Cc2ccc(C=Cc3ccc(N(CCCCCC)CCCCCC)cc3)c3nsnc23)cc1. The van der Waals surface area contributed by atoms with Crippen molar-refractivity contribution in [1.29, 1.82) is 0 Å².